The molecule has 0 aliphatic heterocycles. The molecule has 0 aliphatic carbocycles. The maximum Gasteiger partial charge on any atom is 0.413 e. The van der Waals surface area contributed by atoms with Crippen molar-refractivity contribution in [3.8, 4) is 5.75 Å². The standard InChI is InChI=1S/C17H18Cl2N2O4/c1-17(2,3)25-16(24)21-12-8-9(6-7-20-12)15(23)13-11(22)5-4-10(18)14(13)19/h4-8,15,22-23H,1-3H3,(H,20,21,24). The highest BCUT2D eigenvalue weighted by Gasteiger charge is 2.21. The molecule has 0 radical (unpaired) electrons. The number of aromatic hydroxyl groups is 1. The number of nitrogens with one attached hydrogen (secondary N) is 1. The molecule has 0 saturated carbocycles. The van der Waals surface area contributed by atoms with Crippen LogP contribution in [0.3, 0.4) is 0 Å². The predicted molar refractivity (Wildman–Crippen MR) is 96.3 cm³/mol. The maximum atomic E-state index is 11.8. The summed E-state index contributed by atoms with van der Waals surface area (Å²) in [7, 11) is 0. The fraction of sp³-hybridized carbons (Fsp3) is 0.294. The van der Waals surface area contributed by atoms with E-state index in [-0.39, 0.29) is 27.2 Å². The summed E-state index contributed by atoms with van der Waals surface area (Å²) in [6, 6.07) is 5.75. The third kappa shape index (κ3) is 4.98. The van der Waals surface area contributed by atoms with E-state index in [9.17, 15) is 15.0 Å². The molecule has 0 bridgehead atoms. The molecule has 1 atom stereocenters. The van der Waals surface area contributed by atoms with E-state index in [0.29, 0.717) is 5.56 Å². The van der Waals surface area contributed by atoms with Crippen LogP contribution in [0.25, 0.3) is 0 Å². The van der Waals surface area contributed by atoms with Crippen molar-refractivity contribution in [1.29, 1.82) is 0 Å². The summed E-state index contributed by atoms with van der Waals surface area (Å²) < 4.78 is 5.15. The molecule has 1 aromatic heterocycles. The first-order valence-electron chi connectivity index (χ1n) is 7.39. The van der Waals surface area contributed by atoms with Crippen molar-refractivity contribution in [2.45, 2.75) is 32.5 Å². The number of aliphatic hydroxyl groups excluding tert-OH is 1. The molecule has 2 aromatic rings. The van der Waals surface area contributed by atoms with Gasteiger partial charge in [-0.05, 0) is 50.6 Å². The second kappa shape index (κ2) is 7.47. The van der Waals surface area contributed by atoms with Gasteiger partial charge in [0.1, 0.15) is 23.3 Å². The number of pyridine rings is 1. The molecular weight excluding hydrogens is 367 g/mol. The number of hydrogen-bond donors (Lipinski definition) is 3. The number of phenols is 1. The molecular formula is C17H18Cl2N2O4. The summed E-state index contributed by atoms with van der Waals surface area (Å²) in [6.45, 7) is 5.22. The number of anilines is 1. The number of aromatic nitrogens is 1. The smallest absolute Gasteiger partial charge is 0.413 e. The van der Waals surface area contributed by atoms with E-state index in [4.69, 9.17) is 27.9 Å². The third-order valence-corrected chi connectivity index (χ3v) is 3.93. The summed E-state index contributed by atoms with van der Waals surface area (Å²) in [4.78, 5) is 15.8. The van der Waals surface area contributed by atoms with Crippen LogP contribution in [0.15, 0.2) is 30.5 Å². The zero-order valence-electron chi connectivity index (χ0n) is 13.9. The topological polar surface area (TPSA) is 91.7 Å². The van der Waals surface area contributed by atoms with Crippen LogP contribution in [0.4, 0.5) is 10.6 Å². The first-order valence-corrected chi connectivity index (χ1v) is 8.15. The number of aliphatic hydroxyl groups is 1. The van der Waals surface area contributed by atoms with Gasteiger partial charge >= 0.3 is 6.09 Å². The fourth-order valence-corrected chi connectivity index (χ4v) is 2.50. The van der Waals surface area contributed by atoms with Crippen LogP contribution in [0, 0.1) is 0 Å². The van der Waals surface area contributed by atoms with Crippen molar-refractivity contribution in [3.63, 3.8) is 0 Å². The minimum Gasteiger partial charge on any atom is -0.508 e. The van der Waals surface area contributed by atoms with Gasteiger partial charge in [0.2, 0.25) is 0 Å². The van der Waals surface area contributed by atoms with E-state index in [1.165, 1.54) is 30.5 Å². The van der Waals surface area contributed by atoms with Crippen LogP contribution < -0.4 is 5.32 Å². The SMILES string of the molecule is CC(C)(C)OC(=O)Nc1cc(C(O)c2c(O)ccc(Cl)c2Cl)ccn1. The number of nitrogens with zero attached hydrogens (tertiary/aromatic N) is 1. The number of ether oxygens (including phenoxy) is 1. The van der Waals surface area contributed by atoms with Crippen LogP contribution in [0.2, 0.25) is 10.0 Å². The Morgan fingerprint density at radius 2 is 1.96 bits per heavy atom. The van der Waals surface area contributed by atoms with Gasteiger partial charge < -0.3 is 14.9 Å². The molecule has 0 spiro atoms. The molecule has 1 aromatic carbocycles. The third-order valence-electron chi connectivity index (χ3n) is 3.11. The molecule has 2 rings (SSSR count). The summed E-state index contributed by atoms with van der Waals surface area (Å²) in [5, 5.41) is 23.3. The lowest BCUT2D eigenvalue weighted by molar-refractivity contribution is 0.0635. The Morgan fingerprint density at radius 1 is 1.28 bits per heavy atom. The number of carbonyl (C=O) groups excluding carboxylic acids is 1. The summed E-state index contributed by atoms with van der Waals surface area (Å²) in [6.07, 6.45) is -0.524. The number of rotatable bonds is 3. The van der Waals surface area contributed by atoms with E-state index >= 15 is 0 Å². The first-order chi connectivity index (χ1) is 11.6. The largest absolute Gasteiger partial charge is 0.508 e. The summed E-state index contributed by atoms with van der Waals surface area (Å²) in [5.74, 6) is -0.0104. The minimum atomic E-state index is -1.26. The average molecular weight is 385 g/mol. The first kappa shape index (κ1) is 19.3. The summed E-state index contributed by atoms with van der Waals surface area (Å²) >= 11 is 12.0. The predicted octanol–water partition coefficient (Wildman–Crippen LogP) is 4.52. The van der Waals surface area contributed by atoms with Gasteiger partial charge in [-0.1, -0.05) is 23.2 Å². The number of hydrogen-bond acceptors (Lipinski definition) is 5. The lowest BCUT2D eigenvalue weighted by Crippen LogP contribution is -2.27. The van der Waals surface area contributed by atoms with Crippen LogP contribution in [0.1, 0.15) is 38.0 Å². The molecule has 0 saturated heterocycles. The molecule has 0 fully saturated rings. The number of halogens is 2. The Labute approximate surface area is 155 Å². The summed E-state index contributed by atoms with van der Waals surface area (Å²) in [5.41, 5.74) is -0.217. The second-order valence-electron chi connectivity index (χ2n) is 6.30. The molecule has 0 aliphatic rings. The van der Waals surface area contributed by atoms with Crippen LogP contribution in [-0.2, 0) is 4.74 Å². The van der Waals surface area contributed by atoms with Gasteiger partial charge in [-0.25, -0.2) is 9.78 Å². The Morgan fingerprint density at radius 3 is 2.60 bits per heavy atom. The fourth-order valence-electron chi connectivity index (χ4n) is 2.08. The lowest BCUT2D eigenvalue weighted by Gasteiger charge is -2.20. The van der Waals surface area contributed by atoms with Crippen molar-refractivity contribution in [2.75, 3.05) is 5.32 Å². The molecule has 3 N–H and O–H groups in total. The second-order valence-corrected chi connectivity index (χ2v) is 7.08. The molecule has 1 heterocycles. The average Bonchev–Trinajstić information content (AvgIpc) is 2.49. The number of phenolic OH excluding ortho intramolecular Hbond substituents is 1. The van der Waals surface area contributed by atoms with Gasteiger partial charge in [-0.15, -0.1) is 0 Å². The molecule has 25 heavy (non-hydrogen) atoms. The van der Waals surface area contributed by atoms with E-state index in [0.717, 1.165) is 0 Å². The lowest BCUT2D eigenvalue weighted by atomic mass is 10.0. The van der Waals surface area contributed by atoms with E-state index < -0.39 is 17.8 Å². The highest BCUT2D eigenvalue weighted by molar-refractivity contribution is 6.42. The zero-order valence-corrected chi connectivity index (χ0v) is 15.4. The van der Waals surface area contributed by atoms with Crippen molar-refractivity contribution >= 4 is 35.1 Å². The van der Waals surface area contributed by atoms with Gasteiger partial charge in [-0.3, -0.25) is 5.32 Å². The van der Waals surface area contributed by atoms with Crippen molar-refractivity contribution in [2.24, 2.45) is 0 Å². The Kier molecular flexibility index (Phi) is 5.77. The van der Waals surface area contributed by atoms with E-state index in [1.807, 2.05) is 0 Å². The Hall–Kier alpha value is -2.02. The van der Waals surface area contributed by atoms with E-state index in [2.05, 4.69) is 10.3 Å². The van der Waals surface area contributed by atoms with Gasteiger partial charge in [-0.2, -0.15) is 0 Å². The minimum absolute atomic E-state index is 0.0487. The van der Waals surface area contributed by atoms with Crippen molar-refractivity contribution < 1.29 is 19.7 Å². The van der Waals surface area contributed by atoms with Crippen LogP contribution in [0.5, 0.6) is 5.75 Å². The Balaban J connectivity index is 2.27. The molecule has 6 nitrogen and oxygen atoms in total. The van der Waals surface area contributed by atoms with Gasteiger partial charge in [0.25, 0.3) is 0 Å². The normalized spacial score (nSPS) is 12.6. The molecule has 1 unspecified atom stereocenters. The Bertz CT molecular complexity index is 791. The van der Waals surface area contributed by atoms with Crippen LogP contribution in [-0.4, -0.2) is 26.9 Å². The van der Waals surface area contributed by atoms with Crippen molar-refractivity contribution in [3.05, 3.63) is 51.6 Å². The van der Waals surface area contributed by atoms with Crippen molar-refractivity contribution in [1.82, 2.24) is 4.98 Å². The molecule has 134 valence electrons. The van der Waals surface area contributed by atoms with E-state index in [1.54, 1.807) is 20.8 Å². The van der Waals surface area contributed by atoms with Gasteiger partial charge in [0, 0.05) is 11.8 Å². The zero-order chi connectivity index (χ0) is 18.8. The maximum absolute atomic E-state index is 11.8. The highest BCUT2D eigenvalue weighted by Crippen LogP contribution is 2.39. The number of amides is 1. The monoisotopic (exact) mass is 384 g/mol. The number of benzene rings is 1. The molecule has 8 heteroatoms. The van der Waals surface area contributed by atoms with Gasteiger partial charge in [0.15, 0.2) is 0 Å². The van der Waals surface area contributed by atoms with Crippen LogP contribution >= 0.6 is 23.2 Å². The highest BCUT2D eigenvalue weighted by atomic mass is 35.5. The molecule has 1 amide bonds. The quantitative estimate of drug-likeness (QED) is 0.723. The number of carbonyl (C=O) groups is 1. The van der Waals surface area contributed by atoms with Gasteiger partial charge in [0.05, 0.1) is 10.0 Å².